The molecule has 4 aromatic rings. The van der Waals surface area contributed by atoms with Gasteiger partial charge in [0.15, 0.2) is 11.5 Å². The van der Waals surface area contributed by atoms with E-state index in [1.54, 1.807) is 17.0 Å². The Balaban J connectivity index is 1.55. The van der Waals surface area contributed by atoms with Crippen LogP contribution in [0.1, 0.15) is 60.9 Å². The minimum Gasteiger partial charge on any atom is -0.353 e. The van der Waals surface area contributed by atoms with Crippen molar-refractivity contribution in [2.24, 2.45) is 0 Å². The van der Waals surface area contributed by atoms with E-state index in [4.69, 9.17) is 0 Å². The average Bonchev–Trinajstić information content (AvgIpc) is 3.46. The van der Waals surface area contributed by atoms with E-state index in [0.717, 1.165) is 33.6 Å². The summed E-state index contributed by atoms with van der Waals surface area (Å²) in [6.07, 6.45) is 6.71. The van der Waals surface area contributed by atoms with Crippen LogP contribution in [0.3, 0.4) is 0 Å². The highest BCUT2D eigenvalue weighted by atomic mass is 19.1. The van der Waals surface area contributed by atoms with Crippen molar-refractivity contribution in [3.05, 3.63) is 46.9 Å². The minimum atomic E-state index is -0.243. The molecule has 36 heavy (non-hydrogen) atoms. The molecule has 1 saturated heterocycles. The molecule has 5 rings (SSSR count). The van der Waals surface area contributed by atoms with E-state index in [1.807, 2.05) is 37.0 Å². The van der Waals surface area contributed by atoms with Crippen LogP contribution in [0.15, 0.2) is 18.7 Å². The highest BCUT2D eigenvalue weighted by Crippen LogP contribution is 2.41. The van der Waals surface area contributed by atoms with Crippen LogP contribution in [0, 0.1) is 19.7 Å². The van der Waals surface area contributed by atoms with E-state index >= 15 is 4.39 Å². The molecular formula is C27H34FN7O. The Morgan fingerprint density at radius 2 is 1.92 bits per heavy atom. The summed E-state index contributed by atoms with van der Waals surface area (Å²) in [6, 6.07) is 0. The normalized spacial score (nSPS) is 15.2. The summed E-state index contributed by atoms with van der Waals surface area (Å²) in [5.41, 5.74) is 7.01. The fraction of sp³-hybridized carbons (Fsp3) is 0.481. The summed E-state index contributed by atoms with van der Waals surface area (Å²) in [5, 5.41) is 4.95. The number of pyridine rings is 2. The average molecular weight is 492 g/mol. The van der Waals surface area contributed by atoms with Crippen molar-refractivity contribution in [3.63, 3.8) is 0 Å². The Morgan fingerprint density at radius 3 is 2.58 bits per heavy atom. The highest BCUT2D eigenvalue weighted by molar-refractivity contribution is 5.92. The van der Waals surface area contributed by atoms with Crippen molar-refractivity contribution in [3.8, 4) is 11.3 Å². The molecule has 0 radical (unpaired) electrons. The number of carbonyl (C=O) groups excluding carboxylic acids is 1. The maximum Gasteiger partial charge on any atom is 0.236 e. The minimum absolute atomic E-state index is 0.00773. The van der Waals surface area contributed by atoms with Crippen LogP contribution in [0.4, 0.5) is 4.39 Å². The molecule has 0 bridgehead atoms. The molecule has 1 amide bonds. The smallest absolute Gasteiger partial charge is 0.236 e. The van der Waals surface area contributed by atoms with Crippen molar-refractivity contribution in [2.75, 3.05) is 33.7 Å². The largest absolute Gasteiger partial charge is 0.353 e. The molecule has 0 unspecified atom stereocenters. The van der Waals surface area contributed by atoms with Gasteiger partial charge in [-0.3, -0.25) is 9.78 Å². The maximum atomic E-state index is 16.2. The molecule has 0 saturated carbocycles. The maximum absolute atomic E-state index is 16.2. The van der Waals surface area contributed by atoms with Gasteiger partial charge in [0, 0.05) is 36.2 Å². The predicted octanol–water partition coefficient (Wildman–Crippen LogP) is 4.42. The topological polar surface area (TPSA) is 82.4 Å². The van der Waals surface area contributed by atoms with Gasteiger partial charge in [0.1, 0.15) is 6.33 Å². The fourth-order valence-electron chi connectivity index (χ4n) is 5.49. The summed E-state index contributed by atoms with van der Waals surface area (Å²) >= 11 is 0. The summed E-state index contributed by atoms with van der Waals surface area (Å²) in [6.45, 7) is 9.95. The standard InChI is InChI=1S/C27H34FN7O/c1-15(2)22-23-20(32-26(22)19-12-35-27(30-14-31-35)17(4)16(19)3)11-29-25(24(23)28)18-7-9-34(10-8-18)21(36)13-33(5)6/h11-12,14-15,18,32H,7-10,13H2,1-6H3. The first kappa shape index (κ1) is 24.4. The van der Waals surface area contributed by atoms with Crippen LogP contribution in [0.2, 0.25) is 0 Å². The lowest BCUT2D eigenvalue weighted by molar-refractivity contribution is -0.132. The van der Waals surface area contributed by atoms with Crippen molar-refractivity contribution < 1.29 is 9.18 Å². The molecular weight excluding hydrogens is 457 g/mol. The molecule has 0 aliphatic carbocycles. The van der Waals surface area contributed by atoms with Gasteiger partial charge >= 0.3 is 0 Å². The lowest BCUT2D eigenvalue weighted by Crippen LogP contribution is -2.42. The number of fused-ring (bicyclic) bond motifs is 2. The van der Waals surface area contributed by atoms with E-state index in [-0.39, 0.29) is 23.6 Å². The number of H-pyrrole nitrogens is 1. The molecule has 0 atom stereocenters. The number of likely N-dealkylation sites (N-methyl/N-ethyl adjacent to an activating group) is 1. The Morgan fingerprint density at radius 1 is 1.19 bits per heavy atom. The van der Waals surface area contributed by atoms with E-state index in [9.17, 15) is 4.79 Å². The van der Waals surface area contributed by atoms with Crippen molar-refractivity contribution in [1.82, 2.24) is 34.4 Å². The molecule has 190 valence electrons. The van der Waals surface area contributed by atoms with E-state index in [2.05, 4.69) is 40.8 Å². The second-order valence-corrected chi connectivity index (χ2v) is 10.5. The summed E-state index contributed by atoms with van der Waals surface area (Å²) in [4.78, 5) is 28.6. The Kier molecular flexibility index (Phi) is 6.28. The summed E-state index contributed by atoms with van der Waals surface area (Å²) in [7, 11) is 3.78. The van der Waals surface area contributed by atoms with Gasteiger partial charge in [-0.25, -0.2) is 13.9 Å². The Bertz CT molecular complexity index is 1440. The molecule has 1 aliphatic heterocycles. The zero-order valence-corrected chi connectivity index (χ0v) is 21.9. The van der Waals surface area contributed by atoms with Gasteiger partial charge in [-0.15, -0.1) is 0 Å². The number of hydrogen-bond acceptors (Lipinski definition) is 5. The number of likely N-dealkylation sites (tertiary alicyclic amines) is 1. The predicted molar refractivity (Wildman–Crippen MR) is 139 cm³/mol. The molecule has 1 fully saturated rings. The highest BCUT2D eigenvalue weighted by Gasteiger charge is 2.30. The van der Waals surface area contributed by atoms with Gasteiger partial charge in [-0.1, -0.05) is 13.8 Å². The van der Waals surface area contributed by atoms with Crippen LogP contribution >= 0.6 is 0 Å². The number of piperidine rings is 1. The van der Waals surface area contributed by atoms with Crippen molar-refractivity contribution >= 4 is 22.5 Å². The van der Waals surface area contributed by atoms with Gasteiger partial charge < -0.3 is 14.8 Å². The van der Waals surface area contributed by atoms with Crippen LogP contribution in [-0.2, 0) is 4.79 Å². The number of aryl methyl sites for hydroxylation is 1. The van der Waals surface area contributed by atoms with Crippen molar-refractivity contribution in [2.45, 2.75) is 52.4 Å². The first-order valence-electron chi connectivity index (χ1n) is 12.6. The molecule has 5 heterocycles. The van der Waals surface area contributed by atoms with Crippen LogP contribution in [-0.4, -0.2) is 74.0 Å². The fourth-order valence-corrected chi connectivity index (χ4v) is 5.49. The second-order valence-electron chi connectivity index (χ2n) is 10.5. The Labute approximate surface area is 210 Å². The number of halogens is 1. The molecule has 1 aliphatic rings. The Hall–Kier alpha value is -3.33. The molecule has 0 aromatic carbocycles. The second kappa shape index (κ2) is 9.28. The van der Waals surface area contributed by atoms with Crippen LogP contribution in [0.5, 0.6) is 0 Å². The quantitative estimate of drug-likeness (QED) is 0.447. The van der Waals surface area contributed by atoms with E-state index < -0.39 is 0 Å². The van der Waals surface area contributed by atoms with Crippen molar-refractivity contribution in [1.29, 1.82) is 0 Å². The lowest BCUT2D eigenvalue weighted by Gasteiger charge is -2.32. The van der Waals surface area contributed by atoms with Gasteiger partial charge in [0.2, 0.25) is 5.91 Å². The lowest BCUT2D eigenvalue weighted by atomic mass is 9.90. The zero-order valence-electron chi connectivity index (χ0n) is 21.9. The van der Waals surface area contributed by atoms with Gasteiger partial charge in [0.05, 0.1) is 29.6 Å². The molecule has 9 heteroatoms. The SMILES string of the molecule is Cc1c(-c2[nH]c3cnc(C4CCN(C(=O)CN(C)C)CC4)c(F)c3c2C(C)C)cn2ncnc2c1C. The molecule has 1 N–H and O–H groups in total. The number of amides is 1. The molecule has 0 spiro atoms. The third-order valence-electron chi connectivity index (χ3n) is 7.50. The number of carbonyl (C=O) groups is 1. The first-order valence-corrected chi connectivity index (χ1v) is 12.6. The van der Waals surface area contributed by atoms with Gasteiger partial charge in [0.25, 0.3) is 0 Å². The zero-order chi connectivity index (χ0) is 25.7. The van der Waals surface area contributed by atoms with E-state index in [1.165, 1.54) is 0 Å². The van der Waals surface area contributed by atoms with Crippen LogP contribution in [0.25, 0.3) is 27.8 Å². The first-order chi connectivity index (χ1) is 17.2. The number of nitrogens with zero attached hydrogens (tertiary/aromatic N) is 6. The number of aromatic nitrogens is 5. The third kappa shape index (κ3) is 4.05. The van der Waals surface area contributed by atoms with Gasteiger partial charge in [-0.05, 0) is 63.4 Å². The number of hydrogen-bond donors (Lipinski definition) is 1. The summed E-state index contributed by atoms with van der Waals surface area (Å²) < 4.78 is 18.0. The van der Waals surface area contributed by atoms with E-state index in [0.29, 0.717) is 49.1 Å². The number of rotatable bonds is 5. The summed E-state index contributed by atoms with van der Waals surface area (Å²) in [5.74, 6) is -0.0375. The molecule has 8 nitrogen and oxygen atoms in total. The van der Waals surface area contributed by atoms with Crippen LogP contribution < -0.4 is 0 Å². The third-order valence-corrected chi connectivity index (χ3v) is 7.50. The monoisotopic (exact) mass is 491 g/mol. The number of nitrogens with one attached hydrogen (secondary N) is 1. The van der Waals surface area contributed by atoms with Gasteiger partial charge in [-0.2, -0.15) is 5.10 Å². The number of aromatic amines is 1. The molecule has 4 aromatic heterocycles.